The molecule has 0 saturated heterocycles. The highest BCUT2D eigenvalue weighted by Crippen LogP contribution is 2.30. The third-order valence-corrected chi connectivity index (χ3v) is 3.40. The Balaban J connectivity index is 1.99. The summed E-state index contributed by atoms with van der Waals surface area (Å²) in [7, 11) is 7.05. The van der Waals surface area contributed by atoms with Gasteiger partial charge < -0.3 is 25.0 Å². The Bertz CT molecular complexity index is 704. The maximum atomic E-state index is 12.0. The molecule has 1 aromatic heterocycles. The number of anilines is 2. The number of ether oxygens (including phenoxy) is 2. The zero-order chi connectivity index (χ0) is 18.2. The van der Waals surface area contributed by atoms with Crippen molar-refractivity contribution in [2.75, 3.05) is 46.7 Å². The first kappa shape index (κ1) is 18.5. The van der Waals surface area contributed by atoms with E-state index in [1.54, 1.807) is 38.5 Å². The average Bonchev–Trinajstić information content (AvgIpc) is 2.61. The first-order valence-electron chi connectivity index (χ1n) is 7.79. The van der Waals surface area contributed by atoms with Crippen LogP contribution in [0.5, 0.6) is 11.5 Å². The number of rotatable bonds is 8. The van der Waals surface area contributed by atoms with Crippen molar-refractivity contribution < 1.29 is 14.3 Å². The molecular weight excluding hydrogens is 322 g/mol. The van der Waals surface area contributed by atoms with Gasteiger partial charge in [0.05, 0.1) is 14.2 Å². The first-order chi connectivity index (χ1) is 12.0. The van der Waals surface area contributed by atoms with E-state index in [9.17, 15) is 4.79 Å². The summed E-state index contributed by atoms with van der Waals surface area (Å²) in [4.78, 5) is 14.0. The van der Waals surface area contributed by atoms with Crippen LogP contribution >= 0.6 is 0 Å². The van der Waals surface area contributed by atoms with Gasteiger partial charge in [-0.15, -0.1) is 10.2 Å². The van der Waals surface area contributed by atoms with Crippen LogP contribution in [0.1, 0.15) is 10.5 Å². The highest BCUT2D eigenvalue weighted by Gasteiger charge is 2.09. The number of nitrogens with one attached hydrogen (secondary N) is 2. The van der Waals surface area contributed by atoms with Crippen LogP contribution in [0, 0.1) is 0 Å². The van der Waals surface area contributed by atoms with Gasteiger partial charge in [0.2, 0.25) is 0 Å². The second-order valence-electron chi connectivity index (χ2n) is 5.56. The molecule has 0 spiro atoms. The Morgan fingerprint density at radius 2 is 1.84 bits per heavy atom. The van der Waals surface area contributed by atoms with Crippen LogP contribution in [-0.2, 0) is 0 Å². The molecule has 1 aromatic carbocycles. The van der Waals surface area contributed by atoms with Crippen LogP contribution in [0.15, 0.2) is 30.3 Å². The minimum absolute atomic E-state index is 0.244. The molecule has 134 valence electrons. The van der Waals surface area contributed by atoms with Crippen molar-refractivity contribution in [3.05, 3.63) is 36.0 Å². The van der Waals surface area contributed by atoms with Crippen LogP contribution in [0.4, 0.5) is 11.5 Å². The average molecular weight is 345 g/mol. The van der Waals surface area contributed by atoms with Crippen LogP contribution in [0.25, 0.3) is 0 Å². The Morgan fingerprint density at radius 1 is 1.08 bits per heavy atom. The third kappa shape index (κ3) is 5.32. The van der Waals surface area contributed by atoms with Crippen molar-refractivity contribution in [3.63, 3.8) is 0 Å². The van der Waals surface area contributed by atoms with E-state index in [2.05, 4.69) is 20.8 Å². The van der Waals surface area contributed by atoms with Gasteiger partial charge in [0.25, 0.3) is 5.91 Å². The lowest BCUT2D eigenvalue weighted by Gasteiger charge is -2.11. The van der Waals surface area contributed by atoms with Crippen molar-refractivity contribution in [2.24, 2.45) is 0 Å². The molecule has 0 aliphatic carbocycles. The molecule has 8 nitrogen and oxygen atoms in total. The Hall–Kier alpha value is -2.87. The number of benzene rings is 1. The summed E-state index contributed by atoms with van der Waals surface area (Å²) in [5.41, 5.74) is 1.05. The largest absolute Gasteiger partial charge is 0.493 e. The monoisotopic (exact) mass is 345 g/mol. The normalized spacial score (nSPS) is 10.4. The Morgan fingerprint density at radius 3 is 2.44 bits per heavy atom. The van der Waals surface area contributed by atoms with E-state index < -0.39 is 0 Å². The van der Waals surface area contributed by atoms with E-state index in [0.29, 0.717) is 23.9 Å². The molecule has 1 amide bonds. The van der Waals surface area contributed by atoms with Crippen molar-refractivity contribution in [1.82, 2.24) is 20.4 Å². The van der Waals surface area contributed by atoms with Gasteiger partial charge in [-0.25, -0.2) is 0 Å². The first-order valence-corrected chi connectivity index (χ1v) is 7.79. The summed E-state index contributed by atoms with van der Waals surface area (Å²) in [5, 5.41) is 13.9. The molecule has 0 bridgehead atoms. The lowest BCUT2D eigenvalue weighted by Crippen LogP contribution is -2.31. The predicted molar refractivity (Wildman–Crippen MR) is 95.7 cm³/mol. The maximum absolute atomic E-state index is 12.0. The van der Waals surface area contributed by atoms with E-state index >= 15 is 0 Å². The van der Waals surface area contributed by atoms with Crippen LogP contribution < -0.4 is 20.1 Å². The molecule has 25 heavy (non-hydrogen) atoms. The molecule has 1 heterocycles. The number of amides is 1. The number of carbonyl (C=O) groups excluding carboxylic acids is 1. The van der Waals surface area contributed by atoms with E-state index in [-0.39, 0.29) is 11.6 Å². The number of likely N-dealkylation sites (N-methyl/N-ethyl adjacent to an activating group) is 1. The zero-order valence-corrected chi connectivity index (χ0v) is 14.9. The lowest BCUT2D eigenvalue weighted by atomic mass is 10.2. The van der Waals surface area contributed by atoms with Crippen molar-refractivity contribution in [1.29, 1.82) is 0 Å². The summed E-state index contributed by atoms with van der Waals surface area (Å²) in [6.07, 6.45) is 0. The van der Waals surface area contributed by atoms with Gasteiger partial charge >= 0.3 is 0 Å². The number of hydrogen-bond donors (Lipinski definition) is 2. The lowest BCUT2D eigenvalue weighted by molar-refractivity contribution is 0.0945. The van der Waals surface area contributed by atoms with Crippen LogP contribution in [0.3, 0.4) is 0 Å². The molecule has 0 saturated carbocycles. The van der Waals surface area contributed by atoms with Gasteiger partial charge in [0, 0.05) is 24.8 Å². The van der Waals surface area contributed by atoms with Crippen molar-refractivity contribution in [2.45, 2.75) is 0 Å². The minimum atomic E-state index is -0.244. The fraction of sp³-hybridized carbons (Fsp3) is 0.353. The van der Waals surface area contributed by atoms with E-state index in [4.69, 9.17) is 9.47 Å². The Labute approximate surface area is 147 Å². The van der Waals surface area contributed by atoms with E-state index in [0.717, 1.165) is 12.2 Å². The molecule has 0 fully saturated rings. The fourth-order valence-electron chi connectivity index (χ4n) is 2.07. The van der Waals surface area contributed by atoms with Gasteiger partial charge in [-0.3, -0.25) is 4.79 Å². The molecule has 0 radical (unpaired) electrons. The molecule has 0 atom stereocenters. The fourth-order valence-corrected chi connectivity index (χ4v) is 2.07. The highest BCUT2D eigenvalue weighted by atomic mass is 16.5. The summed E-state index contributed by atoms with van der Waals surface area (Å²) >= 11 is 0. The predicted octanol–water partition coefficient (Wildman–Crippen LogP) is 1.53. The standard InChI is InChI=1S/C17H23N5O3/c1-22(2)10-9-18-17(23)13-6-8-16(21-20-13)19-12-5-7-14(24-3)15(11-12)25-4/h5-8,11H,9-10H2,1-4H3,(H,18,23)(H,19,21). The van der Waals surface area contributed by atoms with Crippen LogP contribution in [0.2, 0.25) is 0 Å². The minimum Gasteiger partial charge on any atom is -0.493 e. The van der Waals surface area contributed by atoms with Gasteiger partial charge in [-0.2, -0.15) is 0 Å². The van der Waals surface area contributed by atoms with E-state index in [1.807, 2.05) is 25.1 Å². The highest BCUT2D eigenvalue weighted by molar-refractivity contribution is 5.92. The molecule has 2 rings (SSSR count). The maximum Gasteiger partial charge on any atom is 0.271 e. The zero-order valence-electron chi connectivity index (χ0n) is 14.9. The molecule has 0 unspecified atom stereocenters. The topological polar surface area (TPSA) is 88.6 Å². The third-order valence-electron chi connectivity index (χ3n) is 3.40. The van der Waals surface area contributed by atoms with Gasteiger partial charge in [-0.05, 0) is 38.4 Å². The number of carbonyl (C=O) groups is 1. The number of nitrogens with zero attached hydrogens (tertiary/aromatic N) is 3. The number of hydrogen-bond acceptors (Lipinski definition) is 7. The summed E-state index contributed by atoms with van der Waals surface area (Å²) in [6.45, 7) is 1.32. The van der Waals surface area contributed by atoms with Crippen molar-refractivity contribution >= 4 is 17.4 Å². The molecular formula is C17H23N5O3. The molecule has 8 heteroatoms. The van der Waals surface area contributed by atoms with Crippen LogP contribution in [-0.4, -0.2) is 62.4 Å². The number of methoxy groups -OCH3 is 2. The van der Waals surface area contributed by atoms with Gasteiger partial charge in [-0.1, -0.05) is 0 Å². The van der Waals surface area contributed by atoms with Gasteiger partial charge in [0.15, 0.2) is 23.0 Å². The summed E-state index contributed by atoms with van der Waals surface area (Å²) in [5.74, 6) is 1.53. The Kier molecular flexibility index (Phi) is 6.53. The molecule has 0 aliphatic heterocycles. The summed E-state index contributed by atoms with van der Waals surface area (Å²) < 4.78 is 10.5. The van der Waals surface area contributed by atoms with E-state index in [1.165, 1.54) is 0 Å². The van der Waals surface area contributed by atoms with Gasteiger partial charge in [0.1, 0.15) is 0 Å². The molecule has 2 N–H and O–H groups in total. The molecule has 0 aliphatic rings. The quantitative estimate of drug-likeness (QED) is 0.750. The second-order valence-corrected chi connectivity index (χ2v) is 5.56. The smallest absolute Gasteiger partial charge is 0.271 e. The van der Waals surface area contributed by atoms with Crippen molar-refractivity contribution in [3.8, 4) is 11.5 Å². The summed E-state index contributed by atoms with van der Waals surface area (Å²) in [6, 6.07) is 8.75. The number of aromatic nitrogens is 2. The SMILES string of the molecule is COc1ccc(Nc2ccc(C(=O)NCCN(C)C)nn2)cc1OC. The second kappa shape index (κ2) is 8.84. The molecule has 2 aromatic rings.